The third-order valence-corrected chi connectivity index (χ3v) is 3.67. The summed E-state index contributed by atoms with van der Waals surface area (Å²) >= 11 is 0. The molecule has 0 aromatic heterocycles. The molecule has 0 heterocycles. The minimum absolute atomic E-state index is 0.127. The minimum atomic E-state index is -1.22. The van der Waals surface area contributed by atoms with Crippen LogP contribution in [0.1, 0.15) is 44.9 Å². The van der Waals surface area contributed by atoms with Crippen molar-refractivity contribution in [3.63, 3.8) is 0 Å². The summed E-state index contributed by atoms with van der Waals surface area (Å²) in [6, 6.07) is -1.43. The van der Waals surface area contributed by atoms with Crippen molar-refractivity contribution in [2.45, 2.75) is 57.0 Å². The van der Waals surface area contributed by atoms with E-state index in [0.717, 1.165) is 25.7 Å². The molecule has 1 aliphatic rings. The molecule has 7 nitrogen and oxygen atoms in total. The van der Waals surface area contributed by atoms with Gasteiger partial charge in [-0.1, -0.05) is 19.3 Å². The first kappa shape index (κ1) is 16.4. The quantitative estimate of drug-likeness (QED) is 0.520. The number of aliphatic carboxylic acids is 2. The summed E-state index contributed by atoms with van der Waals surface area (Å²) in [7, 11) is 0. The summed E-state index contributed by atoms with van der Waals surface area (Å²) in [5.41, 5.74) is 5.95. The Morgan fingerprint density at radius 3 is 2.40 bits per heavy atom. The Morgan fingerprint density at radius 1 is 1.15 bits per heavy atom. The number of hydrogen-bond donors (Lipinski definition) is 4. The van der Waals surface area contributed by atoms with Gasteiger partial charge in [0.1, 0.15) is 6.04 Å². The van der Waals surface area contributed by atoms with Crippen LogP contribution >= 0.6 is 0 Å². The topological polar surface area (TPSA) is 130 Å². The summed E-state index contributed by atoms with van der Waals surface area (Å²) < 4.78 is 0. The molecular formula is C13H22N2O5. The van der Waals surface area contributed by atoms with Gasteiger partial charge in [0.2, 0.25) is 5.91 Å². The van der Waals surface area contributed by atoms with Crippen LogP contribution in [-0.4, -0.2) is 40.1 Å². The fraction of sp³-hybridized carbons (Fsp3) is 0.769. The second kappa shape index (κ2) is 7.84. The second-order valence-corrected chi connectivity index (χ2v) is 5.24. The van der Waals surface area contributed by atoms with E-state index in [1.165, 1.54) is 0 Å². The molecule has 1 aliphatic carbocycles. The van der Waals surface area contributed by atoms with E-state index in [2.05, 4.69) is 5.32 Å². The molecule has 1 rings (SSSR count). The van der Waals surface area contributed by atoms with Crippen LogP contribution in [0.5, 0.6) is 0 Å². The lowest BCUT2D eigenvalue weighted by Gasteiger charge is -2.23. The third kappa shape index (κ3) is 5.16. The standard InChI is InChI=1S/C13H22N2O5/c14-9-5-3-1-2-4-8(9)12(18)15-10(13(19)20)6-7-11(16)17/h8-10H,1-7,14H2,(H,15,18)(H,16,17)(H,19,20)/t8?,9?,10-/m0/s1. The van der Waals surface area contributed by atoms with Crippen molar-refractivity contribution in [1.29, 1.82) is 0 Å². The Labute approximate surface area is 117 Å². The third-order valence-electron chi connectivity index (χ3n) is 3.67. The van der Waals surface area contributed by atoms with Gasteiger partial charge in [0.15, 0.2) is 0 Å². The summed E-state index contributed by atoms with van der Waals surface area (Å²) in [6.45, 7) is 0. The molecule has 0 bridgehead atoms. The van der Waals surface area contributed by atoms with Crippen molar-refractivity contribution in [3.05, 3.63) is 0 Å². The lowest BCUT2D eigenvalue weighted by atomic mass is 9.94. The highest BCUT2D eigenvalue weighted by Crippen LogP contribution is 2.22. The molecule has 0 radical (unpaired) electrons. The monoisotopic (exact) mass is 286 g/mol. The zero-order valence-electron chi connectivity index (χ0n) is 11.4. The Hall–Kier alpha value is -1.63. The van der Waals surface area contributed by atoms with Crippen LogP contribution in [0, 0.1) is 5.92 Å². The molecule has 114 valence electrons. The summed E-state index contributed by atoms with van der Waals surface area (Å²) in [6.07, 6.45) is 3.89. The van der Waals surface area contributed by atoms with Gasteiger partial charge >= 0.3 is 11.9 Å². The van der Waals surface area contributed by atoms with E-state index in [-0.39, 0.29) is 30.7 Å². The minimum Gasteiger partial charge on any atom is -0.481 e. The van der Waals surface area contributed by atoms with Gasteiger partial charge in [-0.05, 0) is 19.3 Å². The summed E-state index contributed by atoms with van der Waals surface area (Å²) in [5, 5.41) is 20.0. The van der Waals surface area contributed by atoms with E-state index >= 15 is 0 Å². The predicted octanol–water partition coefficient (Wildman–Crippen LogP) is 0.328. The number of amides is 1. The molecule has 0 aromatic rings. The van der Waals surface area contributed by atoms with Crippen LogP contribution in [0.4, 0.5) is 0 Å². The van der Waals surface area contributed by atoms with E-state index in [0.29, 0.717) is 6.42 Å². The molecular weight excluding hydrogens is 264 g/mol. The Balaban J connectivity index is 2.59. The number of rotatable bonds is 6. The fourth-order valence-corrected chi connectivity index (χ4v) is 2.47. The normalized spacial score (nSPS) is 24.4. The highest BCUT2D eigenvalue weighted by molar-refractivity contribution is 5.85. The molecule has 3 atom stereocenters. The number of carboxylic acids is 2. The number of carbonyl (C=O) groups is 3. The highest BCUT2D eigenvalue weighted by Gasteiger charge is 2.30. The summed E-state index contributed by atoms with van der Waals surface area (Å²) in [4.78, 5) is 33.6. The van der Waals surface area contributed by atoms with Crippen LogP contribution in [0.15, 0.2) is 0 Å². The first-order chi connectivity index (χ1) is 9.41. The Morgan fingerprint density at radius 2 is 1.80 bits per heavy atom. The Bertz CT molecular complexity index is 372. The van der Waals surface area contributed by atoms with Gasteiger partial charge in [0, 0.05) is 12.5 Å². The number of nitrogens with two attached hydrogens (primary N) is 1. The predicted molar refractivity (Wildman–Crippen MR) is 71.0 cm³/mol. The van der Waals surface area contributed by atoms with Gasteiger partial charge in [0.05, 0.1) is 5.92 Å². The van der Waals surface area contributed by atoms with Gasteiger partial charge in [-0.15, -0.1) is 0 Å². The molecule has 1 fully saturated rings. The number of nitrogens with one attached hydrogen (secondary N) is 1. The smallest absolute Gasteiger partial charge is 0.326 e. The largest absolute Gasteiger partial charge is 0.481 e. The Kier molecular flexibility index (Phi) is 6.44. The van der Waals surface area contributed by atoms with E-state index in [1.807, 2.05) is 0 Å². The zero-order chi connectivity index (χ0) is 15.1. The van der Waals surface area contributed by atoms with Crippen molar-refractivity contribution < 1.29 is 24.6 Å². The average Bonchev–Trinajstić information content (AvgIpc) is 2.58. The second-order valence-electron chi connectivity index (χ2n) is 5.24. The molecule has 0 aromatic carbocycles. The SMILES string of the molecule is NC1CCCCCC1C(=O)N[C@@H](CCC(=O)O)C(=O)O. The van der Waals surface area contributed by atoms with E-state index in [9.17, 15) is 14.4 Å². The van der Waals surface area contributed by atoms with Gasteiger partial charge in [-0.25, -0.2) is 4.79 Å². The van der Waals surface area contributed by atoms with Crippen LogP contribution in [0.3, 0.4) is 0 Å². The van der Waals surface area contributed by atoms with Crippen LogP contribution in [0.2, 0.25) is 0 Å². The van der Waals surface area contributed by atoms with Crippen molar-refractivity contribution in [1.82, 2.24) is 5.32 Å². The van der Waals surface area contributed by atoms with Crippen LogP contribution < -0.4 is 11.1 Å². The molecule has 0 saturated heterocycles. The molecule has 20 heavy (non-hydrogen) atoms. The van der Waals surface area contributed by atoms with Crippen molar-refractivity contribution in [3.8, 4) is 0 Å². The lowest BCUT2D eigenvalue weighted by Crippen LogP contribution is -2.48. The van der Waals surface area contributed by atoms with Crippen molar-refractivity contribution in [2.75, 3.05) is 0 Å². The maximum absolute atomic E-state index is 12.1. The van der Waals surface area contributed by atoms with Crippen molar-refractivity contribution >= 4 is 17.8 Å². The van der Waals surface area contributed by atoms with Gasteiger partial charge in [-0.2, -0.15) is 0 Å². The zero-order valence-corrected chi connectivity index (χ0v) is 11.4. The fourth-order valence-electron chi connectivity index (χ4n) is 2.47. The first-order valence-electron chi connectivity index (χ1n) is 6.92. The molecule has 2 unspecified atom stereocenters. The highest BCUT2D eigenvalue weighted by atomic mass is 16.4. The number of carbonyl (C=O) groups excluding carboxylic acids is 1. The average molecular weight is 286 g/mol. The van der Waals surface area contributed by atoms with E-state index < -0.39 is 18.0 Å². The first-order valence-corrected chi connectivity index (χ1v) is 6.92. The molecule has 0 aliphatic heterocycles. The number of hydrogen-bond acceptors (Lipinski definition) is 4. The molecule has 1 saturated carbocycles. The van der Waals surface area contributed by atoms with Crippen LogP contribution in [0.25, 0.3) is 0 Å². The van der Waals surface area contributed by atoms with Gasteiger partial charge < -0.3 is 21.3 Å². The lowest BCUT2D eigenvalue weighted by molar-refractivity contribution is -0.143. The summed E-state index contributed by atoms with van der Waals surface area (Å²) in [5.74, 6) is -3.07. The molecule has 0 spiro atoms. The number of carboxylic acid groups (broad SMARTS) is 2. The van der Waals surface area contributed by atoms with Crippen molar-refractivity contribution in [2.24, 2.45) is 11.7 Å². The molecule has 7 heteroatoms. The van der Waals surface area contributed by atoms with E-state index in [4.69, 9.17) is 15.9 Å². The molecule has 5 N–H and O–H groups in total. The van der Waals surface area contributed by atoms with Gasteiger partial charge in [-0.3, -0.25) is 9.59 Å². The molecule has 1 amide bonds. The van der Waals surface area contributed by atoms with E-state index in [1.54, 1.807) is 0 Å². The maximum Gasteiger partial charge on any atom is 0.326 e. The maximum atomic E-state index is 12.1. The van der Waals surface area contributed by atoms with Crippen LogP contribution in [-0.2, 0) is 14.4 Å². The van der Waals surface area contributed by atoms with Gasteiger partial charge in [0.25, 0.3) is 0 Å².